The summed E-state index contributed by atoms with van der Waals surface area (Å²) in [4.78, 5) is 38.1. The van der Waals surface area contributed by atoms with Gasteiger partial charge in [-0.3, -0.25) is 19.7 Å². The third-order valence-electron chi connectivity index (χ3n) is 6.39. The zero-order chi connectivity index (χ0) is 19.0. The van der Waals surface area contributed by atoms with Crippen LogP contribution in [0.25, 0.3) is 0 Å². The van der Waals surface area contributed by atoms with Gasteiger partial charge in [-0.25, -0.2) is 0 Å². The Morgan fingerprint density at radius 2 is 1.85 bits per heavy atom. The largest absolute Gasteiger partial charge is 0.328 e. The van der Waals surface area contributed by atoms with Crippen molar-refractivity contribution in [2.24, 2.45) is 11.7 Å². The van der Waals surface area contributed by atoms with Crippen molar-refractivity contribution in [1.82, 2.24) is 10.2 Å². The molecule has 1 aliphatic carbocycles. The first-order chi connectivity index (χ1) is 13.0. The third kappa shape index (κ3) is 3.63. The van der Waals surface area contributed by atoms with Crippen LogP contribution in [0.3, 0.4) is 0 Å². The molecule has 4 rings (SSSR count). The normalized spacial score (nSPS) is 28.3. The van der Waals surface area contributed by atoms with Crippen molar-refractivity contribution in [2.45, 2.75) is 70.0 Å². The van der Waals surface area contributed by atoms with Crippen molar-refractivity contribution in [3.8, 4) is 0 Å². The molecule has 0 spiro atoms. The number of imide groups is 1. The Balaban J connectivity index is 1.46. The lowest BCUT2D eigenvalue weighted by Crippen LogP contribution is -2.52. The molecule has 1 aromatic carbocycles. The molecule has 6 heteroatoms. The van der Waals surface area contributed by atoms with Gasteiger partial charge in [0, 0.05) is 24.6 Å². The fourth-order valence-electron chi connectivity index (χ4n) is 4.72. The lowest BCUT2D eigenvalue weighted by Gasteiger charge is -2.29. The molecule has 3 aliphatic rings. The van der Waals surface area contributed by atoms with Crippen LogP contribution in [0.15, 0.2) is 18.2 Å². The van der Waals surface area contributed by atoms with E-state index in [1.165, 1.54) is 18.4 Å². The molecule has 2 heterocycles. The molecule has 3 N–H and O–H groups in total. The summed E-state index contributed by atoms with van der Waals surface area (Å²) >= 11 is 0. The van der Waals surface area contributed by atoms with Gasteiger partial charge in [0.25, 0.3) is 5.91 Å². The number of rotatable bonds is 4. The summed E-state index contributed by atoms with van der Waals surface area (Å²) < 4.78 is 0. The van der Waals surface area contributed by atoms with Gasteiger partial charge in [0.05, 0.1) is 0 Å². The molecule has 1 saturated carbocycles. The Morgan fingerprint density at radius 3 is 2.59 bits per heavy atom. The Bertz CT molecular complexity index is 768. The molecule has 0 radical (unpaired) electrons. The summed E-state index contributed by atoms with van der Waals surface area (Å²) in [6.45, 7) is 0.464. The van der Waals surface area contributed by atoms with E-state index < -0.39 is 6.04 Å². The molecule has 1 aromatic rings. The quantitative estimate of drug-likeness (QED) is 0.793. The summed E-state index contributed by atoms with van der Waals surface area (Å²) in [6, 6.07) is 5.72. The standard InChI is InChI=1S/C21H27N3O3/c22-15-8-5-13(6-9-15)4-7-14-2-1-3-16-17(14)12-24(21(16)27)18-10-11-19(25)23-20(18)26/h1-3,13,15,18H,4-12,22H2,(H,23,25,26). The number of piperidine rings is 1. The van der Waals surface area contributed by atoms with Gasteiger partial charge < -0.3 is 10.6 Å². The topological polar surface area (TPSA) is 92.5 Å². The second-order valence-electron chi connectivity index (χ2n) is 8.16. The number of amides is 3. The Kier molecular flexibility index (Phi) is 5.00. The van der Waals surface area contributed by atoms with Gasteiger partial charge in [0.15, 0.2) is 0 Å². The lowest BCUT2D eigenvalue weighted by molar-refractivity contribution is -0.136. The van der Waals surface area contributed by atoms with Crippen molar-refractivity contribution in [1.29, 1.82) is 0 Å². The molecule has 27 heavy (non-hydrogen) atoms. The van der Waals surface area contributed by atoms with E-state index in [1.807, 2.05) is 12.1 Å². The van der Waals surface area contributed by atoms with E-state index in [9.17, 15) is 14.4 Å². The first kappa shape index (κ1) is 18.2. The van der Waals surface area contributed by atoms with Crippen LogP contribution in [0.2, 0.25) is 0 Å². The van der Waals surface area contributed by atoms with Gasteiger partial charge in [-0.2, -0.15) is 0 Å². The van der Waals surface area contributed by atoms with E-state index in [0.29, 0.717) is 30.5 Å². The van der Waals surface area contributed by atoms with Gasteiger partial charge >= 0.3 is 0 Å². The maximum atomic E-state index is 12.9. The monoisotopic (exact) mass is 369 g/mol. The summed E-state index contributed by atoms with van der Waals surface area (Å²) in [5.74, 6) is 0.00906. The van der Waals surface area contributed by atoms with Crippen LogP contribution < -0.4 is 11.1 Å². The smallest absolute Gasteiger partial charge is 0.255 e. The summed E-state index contributed by atoms with van der Waals surface area (Å²) in [6.07, 6.45) is 7.37. The van der Waals surface area contributed by atoms with Crippen molar-refractivity contribution in [3.63, 3.8) is 0 Å². The zero-order valence-electron chi connectivity index (χ0n) is 15.6. The fraction of sp³-hybridized carbons (Fsp3) is 0.571. The number of hydrogen-bond acceptors (Lipinski definition) is 4. The van der Waals surface area contributed by atoms with Crippen molar-refractivity contribution >= 4 is 17.7 Å². The van der Waals surface area contributed by atoms with E-state index in [1.54, 1.807) is 4.90 Å². The Morgan fingerprint density at radius 1 is 1.07 bits per heavy atom. The number of carbonyl (C=O) groups excluding carboxylic acids is 3. The highest BCUT2D eigenvalue weighted by Crippen LogP contribution is 2.32. The highest BCUT2D eigenvalue weighted by molar-refractivity contribution is 6.05. The molecule has 2 fully saturated rings. The van der Waals surface area contributed by atoms with Crippen LogP contribution in [0.1, 0.15) is 66.4 Å². The van der Waals surface area contributed by atoms with Gasteiger partial charge in [0.2, 0.25) is 11.8 Å². The van der Waals surface area contributed by atoms with E-state index in [-0.39, 0.29) is 24.1 Å². The zero-order valence-corrected chi connectivity index (χ0v) is 15.6. The SMILES string of the molecule is NC1CCC(CCc2cccc3c2CN(C2CCC(=O)NC2=O)C3=O)CC1. The minimum Gasteiger partial charge on any atom is -0.328 e. The van der Waals surface area contributed by atoms with Crippen LogP contribution in [0.5, 0.6) is 0 Å². The first-order valence-electron chi connectivity index (χ1n) is 10.0. The van der Waals surface area contributed by atoms with Crippen molar-refractivity contribution in [3.05, 3.63) is 34.9 Å². The molecular weight excluding hydrogens is 342 g/mol. The average molecular weight is 369 g/mol. The maximum Gasteiger partial charge on any atom is 0.255 e. The Hall–Kier alpha value is -2.21. The highest BCUT2D eigenvalue weighted by Gasteiger charge is 2.39. The summed E-state index contributed by atoms with van der Waals surface area (Å²) in [5, 5.41) is 2.36. The molecular formula is C21H27N3O3. The molecule has 0 bridgehead atoms. The van der Waals surface area contributed by atoms with E-state index in [2.05, 4.69) is 11.4 Å². The Labute approximate surface area is 159 Å². The van der Waals surface area contributed by atoms with Crippen LogP contribution in [-0.2, 0) is 22.6 Å². The average Bonchev–Trinajstić information content (AvgIpc) is 2.99. The fourth-order valence-corrected chi connectivity index (χ4v) is 4.72. The van der Waals surface area contributed by atoms with E-state index in [4.69, 9.17) is 5.73 Å². The number of fused-ring (bicyclic) bond motifs is 1. The molecule has 2 aliphatic heterocycles. The predicted molar refractivity (Wildman–Crippen MR) is 101 cm³/mol. The highest BCUT2D eigenvalue weighted by atomic mass is 16.2. The van der Waals surface area contributed by atoms with E-state index >= 15 is 0 Å². The van der Waals surface area contributed by atoms with E-state index in [0.717, 1.165) is 31.2 Å². The molecule has 1 unspecified atom stereocenters. The summed E-state index contributed by atoms with van der Waals surface area (Å²) in [7, 11) is 0. The number of nitrogens with two attached hydrogens (primary N) is 1. The van der Waals surface area contributed by atoms with Gasteiger partial charge in [0.1, 0.15) is 6.04 Å². The van der Waals surface area contributed by atoms with Gasteiger partial charge in [-0.15, -0.1) is 0 Å². The molecule has 3 amide bonds. The minimum absolute atomic E-state index is 0.0926. The third-order valence-corrected chi connectivity index (χ3v) is 6.39. The van der Waals surface area contributed by atoms with Crippen molar-refractivity contribution in [2.75, 3.05) is 0 Å². The van der Waals surface area contributed by atoms with Gasteiger partial charge in [-0.1, -0.05) is 12.1 Å². The molecule has 6 nitrogen and oxygen atoms in total. The second-order valence-corrected chi connectivity index (χ2v) is 8.16. The molecule has 0 aromatic heterocycles. The number of benzene rings is 1. The number of nitrogens with zero attached hydrogens (tertiary/aromatic N) is 1. The van der Waals surface area contributed by atoms with Crippen LogP contribution in [0, 0.1) is 5.92 Å². The lowest BCUT2D eigenvalue weighted by atomic mass is 9.82. The summed E-state index contributed by atoms with van der Waals surface area (Å²) in [5.41, 5.74) is 8.98. The molecule has 144 valence electrons. The number of nitrogens with one attached hydrogen (secondary N) is 1. The van der Waals surface area contributed by atoms with Gasteiger partial charge in [-0.05, 0) is 68.1 Å². The van der Waals surface area contributed by atoms with Crippen LogP contribution >= 0.6 is 0 Å². The number of aryl methyl sites for hydroxylation is 1. The number of hydrogen-bond donors (Lipinski definition) is 2. The second kappa shape index (κ2) is 7.43. The molecule has 1 atom stereocenters. The molecule has 1 saturated heterocycles. The van der Waals surface area contributed by atoms with Crippen LogP contribution in [0.4, 0.5) is 0 Å². The van der Waals surface area contributed by atoms with Crippen molar-refractivity contribution < 1.29 is 14.4 Å². The first-order valence-corrected chi connectivity index (χ1v) is 10.0. The minimum atomic E-state index is -0.546. The predicted octanol–water partition coefficient (Wildman–Crippen LogP) is 1.90. The maximum absolute atomic E-state index is 12.9. The van der Waals surface area contributed by atoms with Crippen LogP contribution in [-0.4, -0.2) is 34.7 Å². The number of carbonyl (C=O) groups is 3.